The quantitative estimate of drug-likeness (QED) is 0.634. The van der Waals surface area contributed by atoms with Crippen molar-refractivity contribution in [1.82, 2.24) is 0 Å². The van der Waals surface area contributed by atoms with Gasteiger partial charge in [0.2, 0.25) is 0 Å². The lowest BCUT2D eigenvalue weighted by atomic mass is 10.1. The number of benzene rings is 1. The average molecular weight is 304 g/mol. The van der Waals surface area contributed by atoms with Gasteiger partial charge in [-0.15, -0.1) is 0 Å². The first kappa shape index (κ1) is 11.5. The van der Waals surface area contributed by atoms with E-state index < -0.39 is 0 Å². The molecule has 0 saturated carbocycles. The van der Waals surface area contributed by atoms with Gasteiger partial charge in [0.25, 0.3) is 0 Å². The summed E-state index contributed by atoms with van der Waals surface area (Å²) in [6.45, 7) is 4.30. The van der Waals surface area contributed by atoms with E-state index in [1.807, 2.05) is 32.0 Å². The molecule has 0 saturated heterocycles. The molecule has 0 aliphatic rings. The van der Waals surface area contributed by atoms with Crippen molar-refractivity contribution in [2.24, 2.45) is 0 Å². The summed E-state index contributed by atoms with van der Waals surface area (Å²) in [6.07, 6.45) is 0.367. The molecule has 0 aromatic heterocycles. The molecule has 0 unspecified atom stereocenters. The Morgan fingerprint density at radius 3 is 2.79 bits per heavy atom. The second kappa shape index (κ2) is 5.34. The lowest BCUT2D eigenvalue weighted by Crippen LogP contribution is -2.07. The van der Waals surface area contributed by atoms with E-state index in [1.54, 1.807) is 0 Å². The first-order valence-corrected chi connectivity index (χ1v) is 5.62. The monoisotopic (exact) mass is 304 g/mol. The van der Waals surface area contributed by atoms with Crippen LogP contribution in [0.1, 0.15) is 18.1 Å². The third-order valence-corrected chi connectivity index (χ3v) is 3.09. The Bertz CT molecular complexity index is 334. The zero-order valence-electron chi connectivity index (χ0n) is 8.34. The summed E-state index contributed by atoms with van der Waals surface area (Å²) in [5.74, 6) is -0.159. The van der Waals surface area contributed by atoms with Crippen LogP contribution in [0, 0.1) is 10.5 Å². The number of carbonyl (C=O) groups is 1. The van der Waals surface area contributed by atoms with E-state index in [0.29, 0.717) is 13.0 Å². The summed E-state index contributed by atoms with van der Waals surface area (Å²) in [5.41, 5.74) is 2.22. The smallest absolute Gasteiger partial charge is 0.310 e. The minimum atomic E-state index is -0.159. The van der Waals surface area contributed by atoms with Crippen molar-refractivity contribution in [2.75, 3.05) is 6.61 Å². The first-order valence-electron chi connectivity index (χ1n) is 4.54. The van der Waals surface area contributed by atoms with Gasteiger partial charge in [-0.1, -0.05) is 12.1 Å². The van der Waals surface area contributed by atoms with Gasteiger partial charge in [0.05, 0.1) is 13.0 Å². The largest absolute Gasteiger partial charge is 0.466 e. The summed E-state index contributed by atoms with van der Waals surface area (Å²) in [7, 11) is 0. The van der Waals surface area contributed by atoms with Crippen LogP contribution in [0.3, 0.4) is 0 Å². The van der Waals surface area contributed by atoms with Crippen LogP contribution in [0.25, 0.3) is 0 Å². The third-order valence-electron chi connectivity index (χ3n) is 1.88. The van der Waals surface area contributed by atoms with Crippen molar-refractivity contribution in [3.63, 3.8) is 0 Å². The highest BCUT2D eigenvalue weighted by molar-refractivity contribution is 14.1. The highest BCUT2D eigenvalue weighted by Crippen LogP contribution is 2.13. The summed E-state index contributed by atoms with van der Waals surface area (Å²) >= 11 is 2.28. The molecule has 1 aromatic rings. The van der Waals surface area contributed by atoms with Crippen LogP contribution >= 0.6 is 22.6 Å². The zero-order chi connectivity index (χ0) is 10.6. The molecule has 0 N–H and O–H groups in total. The molecule has 0 radical (unpaired) electrons. The fraction of sp³-hybridized carbons (Fsp3) is 0.364. The number of rotatable bonds is 3. The van der Waals surface area contributed by atoms with Crippen LogP contribution in [0.15, 0.2) is 18.2 Å². The Balaban J connectivity index is 2.68. The second-order valence-corrected chi connectivity index (χ2v) is 4.23. The predicted octanol–water partition coefficient (Wildman–Crippen LogP) is 2.71. The van der Waals surface area contributed by atoms with Crippen LogP contribution in [0.5, 0.6) is 0 Å². The predicted molar refractivity (Wildman–Crippen MR) is 64.2 cm³/mol. The van der Waals surface area contributed by atoms with E-state index >= 15 is 0 Å². The summed E-state index contributed by atoms with van der Waals surface area (Å²) in [5, 5.41) is 0. The molecule has 0 bridgehead atoms. The van der Waals surface area contributed by atoms with Crippen molar-refractivity contribution >= 4 is 28.6 Å². The molecule has 0 aliphatic carbocycles. The van der Waals surface area contributed by atoms with Crippen LogP contribution in [0.4, 0.5) is 0 Å². The summed E-state index contributed by atoms with van der Waals surface area (Å²) < 4.78 is 6.09. The van der Waals surface area contributed by atoms with Gasteiger partial charge >= 0.3 is 5.97 Å². The summed E-state index contributed by atoms with van der Waals surface area (Å²) in [4.78, 5) is 11.2. The van der Waals surface area contributed by atoms with Crippen molar-refractivity contribution in [1.29, 1.82) is 0 Å². The molecule has 0 aliphatic heterocycles. The van der Waals surface area contributed by atoms with Gasteiger partial charge in [-0.3, -0.25) is 4.79 Å². The van der Waals surface area contributed by atoms with Crippen molar-refractivity contribution in [3.8, 4) is 0 Å². The van der Waals surface area contributed by atoms with Crippen molar-refractivity contribution in [2.45, 2.75) is 20.3 Å². The van der Waals surface area contributed by atoms with Gasteiger partial charge in [-0.2, -0.15) is 0 Å². The molecular formula is C11H13IO2. The van der Waals surface area contributed by atoms with Gasteiger partial charge in [0.15, 0.2) is 0 Å². The van der Waals surface area contributed by atoms with Crippen molar-refractivity contribution < 1.29 is 9.53 Å². The first-order chi connectivity index (χ1) is 6.63. The van der Waals surface area contributed by atoms with Gasteiger partial charge in [0, 0.05) is 3.57 Å². The van der Waals surface area contributed by atoms with Gasteiger partial charge in [0.1, 0.15) is 0 Å². The highest BCUT2D eigenvalue weighted by atomic mass is 127. The lowest BCUT2D eigenvalue weighted by molar-refractivity contribution is -0.142. The molecule has 76 valence electrons. The molecular weight excluding hydrogens is 291 g/mol. The number of ether oxygens (including phenoxy) is 1. The molecule has 14 heavy (non-hydrogen) atoms. The third kappa shape index (κ3) is 3.29. The van der Waals surface area contributed by atoms with Crippen LogP contribution in [0.2, 0.25) is 0 Å². The molecule has 0 spiro atoms. The Kier molecular flexibility index (Phi) is 4.38. The number of aryl methyl sites for hydroxylation is 1. The standard InChI is InChI=1S/C11H13IO2/c1-3-14-11(13)7-9-4-5-10(12)8(2)6-9/h4-6H,3,7H2,1-2H3. The maximum atomic E-state index is 11.2. The molecule has 2 nitrogen and oxygen atoms in total. The number of esters is 1. The van der Waals surface area contributed by atoms with E-state index in [0.717, 1.165) is 5.56 Å². The van der Waals surface area contributed by atoms with E-state index in [4.69, 9.17) is 4.74 Å². The van der Waals surface area contributed by atoms with Gasteiger partial charge in [-0.25, -0.2) is 0 Å². The topological polar surface area (TPSA) is 26.3 Å². The Morgan fingerprint density at radius 2 is 2.21 bits per heavy atom. The molecule has 1 aromatic carbocycles. The number of carbonyl (C=O) groups excluding carboxylic acids is 1. The average Bonchev–Trinajstić information content (AvgIpc) is 2.12. The molecule has 0 heterocycles. The second-order valence-electron chi connectivity index (χ2n) is 3.07. The van der Waals surface area contributed by atoms with E-state index in [-0.39, 0.29) is 5.97 Å². The normalized spacial score (nSPS) is 9.93. The Hall–Kier alpha value is -0.580. The highest BCUT2D eigenvalue weighted by Gasteiger charge is 2.04. The van der Waals surface area contributed by atoms with Crippen LogP contribution in [-0.2, 0) is 16.0 Å². The zero-order valence-corrected chi connectivity index (χ0v) is 10.5. The SMILES string of the molecule is CCOC(=O)Cc1ccc(I)c(C)c1. The maximum absolute atomic E-state index is 11.2. The van der Waals surface area contributed by atoms with Crippen LogP contribution in [-0.4, -0.2) is 12.6 Å². The minimum Gasteiger partial charge on any atom is -0.466 e. The van der Waals surface area contributed by atoms with Gasteiger partial charge < -0.3 is 4.74 Å². The molecule has 0 fully saturated rings. The molecule has 1 rings (SSSR count). The van der Waals surface area contributed by atoms with E-state index in [2.05, 4.69) is 22.6 Å². The van der Waals surface area contributed by atoms with Crippen LogP contribution < -0.4 is 0 Å². The molecule has 0 atom stereocenters. The Labute approximate surface area is 97.8 Å². The number of halogens is 1. The molecule has 0 amide bonds. The number of hydrogen-bond donors (Lipinski definition) is 0. The van der Waals surface area contributed by atoms with Crippen molar-refractivity contribution in [3.05, 3.63) is 32.9 Å². The van der Waals surface area contributed by atoms with E-state index in [9.17, 15) is 4.79 Å². The summed E-state index contributed by atoms with van der Waals surface area (Å²) in [6, 6.07) is 6.01. The number of hydrogen-bond acceptors (Lipinski definition) is 2. The molecule has 3 heteroatoms. The lowest BCUT2D eigenvalue weighted by Gasteiger charge is -2.04. The minimum absolute atomic E-state index is 0.159. The Morgan fingerprint density at radius 1 is 1.50 bits per heavy atom. The maximum Gasteiger partial charge on any atom is 0.310 e. The van der Waals surface area contributed by atoms with E-state index in [1.165, 1.54) is 9.13 Å². The fourth-order valence-corrected chi connectivity index (χ4v) is 1.53. The fourth-order valence-electron chi connectivity index (χ4n) is 1.20. The van der Waals surface area contributed by atoms with Gasteiger partial charge in [-0.05, 0) is 53.6 Å².